The monoisotopic (exact) mass is 226 g/mol. The zero-order chi connectivity index (χ0) is 11.0. The number of amides is 1. The van der Waals surface area contributed by atoms with Gasteiger partial charge in [0, 0.05) is 13.0 Å². The highest BCUT2D eigenvalue weighted by atomic mass is 32.1. The Kier molecular flexibility index (Phi) is 2.96. The number of thiocarbonyl (C=S) groups is 1. The summed E-state index contributed by atoms with van der Waals surface area (Å²) in [4.78, 5) is 14.1. The van der Waals surface area contributed by atoms with E-state index in [1.165, 1.54) is 25.7 Å². The highest BCUT2D eigenvalue weighted by Crippen LogP contribution is 2.55. The van der Waals surface area contributed by atoms with Gasteiger partial charge in [0.2, 0.25) is 5.91 Å². The molecule has 0 aromatic rings. The Morgan fingerprint density at radius 2 is 1.93 bits per heavy atom. The van der Waals surface area contributed by atoms with Crippen molar-refractivity contribution in [1.82, 2.24) is 4.90 Å². The molecule has 2 saturated carbocycles. The van der Waals surface area contributed by atoms with Crippen molar-refractivity contribution in [3.8, 4) is 0 Å². The summed E-state index contributed by atoms with van der Waals surface area (Å²) in [6, 6.07) is 0. The van der Waals surface area contributed by atoms with Gasteiger partial charge in [-0.15, -0.1) is 0 Å². The Hall–Kier alpha value is -0.640. The fourth-order valence-corrected chi connectivity index (χ4v) is 3.12. The third-order valence-electron chi connectivity index (χ3n) is 3.71. The summed E-state index contributed by atoms with van der Waals surface area (Å²) in [6.45, 7) is 0.421. The quantitative estimate of drug-likeness (QED) is 0.735. The van der Waals surface area contributed by atoms with Crippen LogP contribution in [0, 0.1) is 17.8 Å². The van der Waals surface area contributed by atoms with Crippen LogP contribution in [0.15, 0.2) is 0 Å². The second kappa shape index (κ2) is 4.08. The Bertz CT molecular complexity index is 280. The number of rotatable bonds is 3. The summed E-state index contributed by atoms with van der Waals surface area (Å²) in [5.74, 6) is 1.87. The van der Waals surface area contributed by atoms with Crippen LogP contribution in [0.25, 0.3) is 0 Å². The summed E-state index contributed by atoms with van der Waals surface area (Å²) in [5.41, 5.74) is 5.44. The van der Waals surface area contributed by atoms with Crippen molar-refractivity contribution in [3.05, 3.63) is 0 Å². The van der Waals surface area contributed by atoms with Gasteiger partial charge in [-0.3, -0.25) is 4.79 Å². The van der Waals surface area contributed by atoms with E-state index in [4.69, 9.17) is 18.0 Å². The minimum Gasteiger partial charge on any atom is -0.392 e. The SMILES string of the molecule is CN(CC(N)=S)C(=O)C1C2CCCCC21. The van der Waals surface area contributed by atoms with Crippen LogP contribution >= 0.6 is 12.2 Å². The second-order valence-electron chi connectivity index (χ2n) is 4.80. The number of nitrogens with zero attached hydrogens (tertiary/aromatic N) is 1. The second-order valence-corrected chi connectivity index (χ2v) is 5.32. The number of carbonyl (C=O) groups excluding carboxylic acids is 1. The molecular weight excluding hydrogens is 208 g/mol. The number of hydrogen-bond acceptors (Lipinski definition) is 2. The molecule has 2 atom stereocenters. The van der Waals surface area contributed by atoms with E-state index in [2.05, 4.69) is 0 Å². The molecule has 2 fully saturated rings. The van der Waals surface area contributed by atoms with Crippen LogP contribution in [-0.4, -0.2) is 29.4 Å². The lowest BCUT2D eigenvalue weighted by atomic mass is 10.0. The molecular formula is C11H18N2OS. The number of nitrogens with two attached hydrogens (primary N) is 1. The molecule has 0 saturated heterocycles. The highest BCUT2D eigenvalue weighted by molar-refractivity contribution is 7.80. The fraction of sp³-hybridized carbons (Fsp3) is 0.818. The molecule has 2 rings (SSSR count). The highest BCUT2D eigenvalue weighted by Gasteiger charge is 2.55. The van der Waals surface area contributed by atoms with Gasteiger partial charge in [-0.25, -0.2) is 0 Å². The van der Waals surface area contributed by atoms with Crippen molar-refractivity contribution >= 4 is 23.1 Å². The molecule has 0 aromatic carbocycles. The molecule has 0 radical (unpaired) electrons. The van der Waals surface area contributed by atoms with Crippen molar-refractivity contribution in [3.63, 3.8) is 0 Å². The summed E-state index contributed by atoms with van der Waals surface area (Å²) in [7, 11) is 1.80. The molecule has 4 heteroatoms. The summed E-state index contributed by atoms with van der Waals surface area (Å²) >= 11 is 4.81. The van der Waals surface area contributed by atoms with Gasteiger partial charge in [-0.2, -0.15) is 0 Å². The zero-order valence-corrected chi connectivity index (χ0v) is 9.93. The van der Waals surface area contributed by atoms with Gasteiger partial charge in [-0.1, -0.05) is 25.1 Å². The summed E-state index contributed by atoms with van der Waals surface area (Å²) in [6.07, 6.45) is 5.07. The Labute approximate surface area is 96.0 Å². The van der Waals surface area contributed by atoms with Crippen molar-refractivity contribution in [2.24, 2.45) is 23.5 Å². The molecule has 2 N–H and O–H groups in total. The molecule has 0 aromatic heterocycles. The van der Waals surface area contributed by atoms with E-state index in [-0.39, 0.29) is 11.8 Å². The van der Waals surface area contributed by atoms with E-state index in [9.17, 15) is 4.79 Å². The number of fused-ring (bicyclic) bond motifs is 1. The maximum Gasteiger partial charge on any atom is 0.226 e. The minimum atomic E-state index is 0.250. The molecule has 0 heterocycles. The molecule has 2 aliphatic rings. The fourth-order valence-electron chi connectivity index (χ4n) is 2.92. The van der Waals surface area contributed by atoms with E-state index < -0.39 is 0 Å². The van der Waals surface area contributed by atoms with E-state index in [0.29, 0.717) is 23.4 Å². The van der Waals surface area contributed by atoms with Gasteiger partial charge in [0.15, 0.2) is 0 Å². The molecule has 1 amide bonds. The number of likely N-dealkylation sites (N-methyl/N-ethyl adjacent to an activating group) is 1. The lowest BCUT2D eigenvalue weighted by Gasteiger charge is -2.16. The third kappa shape index (κ3) is 2.14. The number of carbonyl (C=O) groups is 1. The third-order valence-corrected chi connectivity index (χ3v) is 3.84. The smallest absolute Gasteiger partial charge is 0.226 e. The molecule has 0 aliphatic heterocycles. The summed E-state index contributed by atoms with van der Waals surface area (Å²) in [5, 5.41) is 0. The molecule has 84 valence electrons. The largest absolute Gasteiger partial charge is 0.392 e. The Morgan fingerprint density at radius 3 is 2.40 bits per heavy atom. The Balaban J connectivity index is 1.89. The van der Waals surface area contributed by atoms with Crippen LogP contribution in [0.5, 0.6) is 0 Å². The molecule has 3 nitrogen and oxygen atoms in total. The van der Waals surface area contributed by atoms with Gasteiger partial charge >= 0.3 is 0 Å². The molecule has 0 spiro atoms. The van der Waals surface area contributed by atoms with Crippen LogP contribution in [0.3, 0.4) is 0 Å². The molecule has 15 heavy (non-hydrogen) atoms. The average molecular weight is 226 g/mol. The first-order valence-electron chi connectivity index (χ1n) is 5.64. The van der Waals surface area contributed by atoms with Gasteiger partial charge in [0.25, 0.3) is 0 Å². The van der Waals surface area contributed by atoms with E-state index in [1.807, 2.05) is 0 Å². The Morgan fingerprint density at radius 1 is 1.40 bits per heavy atom. The first-order valence-corrected chi connectivity index (χ1v) is 6.05. The van der Waals surface area contributed by atoms with Crippen LogP contribution < -0.4 is 5.73 Å². The molecule has 2 unspecified atom stereocenters. The molecule has 2 aliphatic carbocycles. The first-order chi connectivity index (χ1) is 7.11. The standard InChI is InChI=1S/C11H18N2OS/c1-13(6-9(12)15)11(14)10-7-4-2-3-5-8(7)10/h7-8,10H,2-6H2,1H3,(H2,12,15). The minimum absolute atomic E-state index is 0.250. The van der Waals surface area contributed by atoms with E-state index in [0.717, 1.165) is 0 Å². The predicted molar refractivity (Wildman–Crippen MR) is 63.4 cm³/mol. The van der Waals surface area contributed by atoms with Crippen molar-refractivity contribution in [2.75, 3.05) is 13.6 Å². The van der Waals surface area contributed by atoms with Gasteiger partial charge in [0.05, 0.1) is 11.5 Å². The first kappa shape index (κ1) is 10.9. The zero-order valence-electron chi connectivity index (χ0n) is 9.11. The lowest BCUT2D eigenvalue weighted by molar-refractivity contribution is -0.131. The van der Waals surface area contributed by atoms with Gasteiger partial charge in [0.1, 0.15) is 0 Å². The maximum absolute atomic E-state index is 12.0. The average Bonchev–Trinajstić information content (AvgIpc) is 2.89. The van der Waals surface area contributed by atoms with Crippen LogP contribution in [0.2, 0.25) is 0 Å². The van der Waals surface area contributed by atoms with Crippen LogP contribution in [0.1, 0.15) is 25.7 Å². The maximum atomic E-state index is 12.0. The topological polar surface area (TPSA) is 46.3 Å². The van der Waals surface area contributed by atoms with Gasteiger partial charge < -0.3 is 10.6 Å². The van der Waals surface area contributed by atoms with Crippen molar-refractivity contribution in [2.45, 2.75) is 25.7 Å². The molecule has 0 bridgehead atoms. The predicted octanol–water partition coefficient (Wildman–Crippen LogP) is 1.17. The van der Waals surface area contributed by atoms with Crippen LogP contribution in [-0.2, 0) is 4.79 Å². The van der Waals surface area contributed by atoms with Crippen molar-refractivity contribution in [1.29, 1.82) is 0 Å². The number of hydrogen-bond donors (Lipinski definition) is 1. The normalized spacial score (nSPS) is 33.0. The lowest BCUT2D eigenvalue weighted by Crippen LogP contribution is -2.35. The van der Waals surface area contributed by atoms with Crippen LogP contribution in [0.4, 0.5) is 0 Å². The summed E-state index contributed by atoms with van der Waals surface area (Å²) < 4.78 is 0. The van der Waals surface area contributed by atoms with E-state index in [1.54, 1.807) is 11.9 Å². The van der Waals surface area contributed by atoms with E-state index >= 15 is 0 Å². The van der Waals surface area contributed by atoms with Crippen molar-refractivity contribution < 1.29 is 4.79 Å². The van der Waals surface area contributed by atoms with Gasteiger partial charge in [-0.05, 0) is 24.7 Å².